The van der Waals surface area contributed by atoms with Crippen molar-refractivity contribution in [2.45, 2.75) is 13.3 Å². The lowest BCUT2D eigenvalue weighted by Crippen LogP contribution is -2.34. The van der Waals surface area contributed by atoms with Gasteiger partial charge < -0.3 is 4.74 Å². The molecule has 0 aromatic heterocycles. The molecule has 0 unspecified atom stereocenters. The summed E-state index contributed by atoms with van der Waals surface area (Å²) in [5.41, 5.74) is 0.867. The Balaban J connectivity index is 2.34. The van der Waals surface area contributed by atoms with Gasteiger partial charge in [-0.25, -0.2) is 0 Å². The lowest BCUT2D eigenvalue weighted by Gasteiger charge is -2.33. The highest BCUT2D eigenvalue weighted by molar-refractivity contribution is 7.96. The molecule has 0 aliphatic heterocycles. The molecule has 0 bridgehead atoms. The maximum Gasteiger partial charge on any atom is 0.164 e. The third-order valence-corrected chi connectivity index (χ3v) is 10.1. The van der Waals surface area contributed by atoms with Crippen molar-refractivity contribution < 1.29 is 9.53 Å². The Morgan fingerprint density at radius 1 is 0.656 bits per heavy atom. The third kappa shape index (κ3) is 3.83. The highest BCUT2D eigenvalue weighted by Gasteiger charge is 2.34. The molecule has 0 fully saturated rings. The topological polar surface area (TPSA) is 26.3 Å². The second kappa shape index (κ2) is 9.85. The summed E-state index contributed by atoms with van der Waals surface area (Å²) in [5, 5.41) is 4.29. The summed E-state index contributed by atoms with van der Waals surface area (Å²) in [7, 11) is 1.67. The van der Waals surface area contributed by atoms with E-state index in [9.17, 15) is 4.79 Å². The molecule has 0 spiro atoms. The van der Waals surface area contributed by atoms with Crippen LogP contribution < -0.4 is 20.7 Å². The molecule has 0 aliphatic rings. The first-order valence-corrected chi connectivity index (χ1v) is 12.6. The Hall–Kier alpha value is -3.35. The minimum atomic E-state index is -2.51. The first kappa shape index (κ1) is 21.9. The number of para-hydroxylation sites is 1. The van der Waals surface area contributed by atoms with Crippen LogP contribution in [-0.2, 0) is 4.79 Å². The van der Waals surface area contributed by atoms with E-state index in [0.29, 0.717) is 6.42 Å². The second-order valence-electron chi connectivity index (χ2n) is 7.50. The smallest absolute Gasteiger partial charge is 0.164 e. The second-order valence-corrected chi connectivity index (χ2v) is 10.8. The largest absolute Gasteiger partial charge is 0.496 e. The Kier molecular flexibility index (Phi) is 6.73. The average Bonchev–Trinajstić information content (AvgIpc) is 2.88. The van der Waals surface area contributed by atoms with Gasteiger partial charge in [-0.1, -0.05) is 116 Å². The molecule has 0 heterocycles. The predicted octanol–water partition coefficient (Wildman–Crippen LogP) is 5.19. The number of methoxy groups -OCH3 is 1. The lowest BCUT2D eigenvalue weighted by atomic mass is 10.1. The zero-order valence-corrected chi connectivity index (χ0v) is 19.3. The fraction of sp³-hybridized carbons (Fsp3) is 0.103. The summed E-state index contributed by atoms with van der Waals surface area (Å²) in [4.78, 5) is 13.9. The van der Waals surface area contributed by atoms with Crippen molar-refractivity contribution in [2.24, 2.45) is 0 Å². The summed E-state index contributed by atoms with van der Waals surface area (Å²) in [5.74, 6) is 0.857. The standard InChI is InChI=1S/C29H27O2P/c1-3-27(30)29(26-21-13-14-22-28(26)31-2)32(23-15-7-4-8-16-23,24-17-9-5-10-18-24)25-19-11-6-12-20-25/h4-22H,3H2,1-2H3. The molecule has 2 nitrogen and oxygen atoms in total. The molecule has 0 amide bonds. The van der Waals surface area contributed by atoms with Crippen molar-refractivity contribution in [3.63, 3.8) is 0 Å². The van der Waals surface area contributed by atoms with Gasteiger partial charge >= 0.3 is 0 Å². The van der Waals surface area contributed by atoms with Crippen molar-refractivity contribution >= 4 is 33.9 Å². The Morgan fingerprint density at radius 3 is 1.47 bits per heavy atom. The van der Waals surface area contributed by atoms with E-state index in [0.717, 1.165) is 32.5 Å². The first-order valence-electron chi connectivity index (χ1n) is 10.8. The third-order valence-electron chi connectivity index (χ3n) is 5.71. The van der Waals surface area contributed by atoms with E-state index < -0.39 is 6.89 Å². The Bertz CT molecular complexity index is 1140. The van der Waals surface area contributed by atoms with E-state index in [1.807, 2.05) is 49.4 Å². The summed E-state index contributed by atoms with van der Waals surface area (Å²) < 4.78 is 5.77. The number of hydrogen-bond donors (Lipinski definition) is 0. The van der Waals surface area contributed by atoms with Gasteiger partial charge in [-0.3, -0.25) is 4.79 Å². The number of hydrogen-bond acceptors (Lipinski definition) is 2. The molecule has 3 heteroatoms. The van der Waals surface area contributed by atoms with Crippen LogP contribution in [0.1, 0.15) is 18.9 Å². The van der Waals surface area contributed by atoms with Crippen LogP contribution in [0.25, 0.3) is 0 Å². The summed E-state index contributed by atoms with van der Waals surface area (Å²) in [6, 6.07) is 39.3. The number of carbonyl (C=O) groups is 1. The van der Waals surface area contributed by atoms with Crippen LogP contribution in [0.5, 0.6) is 5.75 Å². The van der Waals surface area contributed by atoms with Gasteiger partial charge in [-0.15, -0.1) is 0 Å². The van der Waals surface area contributed by atoms with Gasteiger partial charge in [0, 0.05) is 17.3 Å². The molecule has 4 aromatic rings. The molecule has 4 rings (SSSR count). The molecule has 0 atom stereocenters. The number of carbonyl (C=O) groups excluding carboxylic acids is 1. The molecule has 4 aromatic carbocycles. The maximum absolute atomic E-state index is 13.9. The molecule has 0 N–H and O–H groups in total. The van der Waals surface area contributed by atoms with Crippen LogP contribution >= 0.6 is 6.89 Å². The van der Waals surface area contributed by atoms with Crippen LogP contribution in [0.4, 0.5) is 0 Å². The van der Waals surface area contributed by atoms with E-state index in [1.54, 1.807) is 7.11 Å². The first-order chi connectivity index (χ1) is 15.7. The fourth-order valence-corrected chi connectivity index (χ4v) is 8.92. The molecule has 32 heavy (non-hydrogen) atoms. The van der Waals surface area contributed by atoms with Crippen LogP contribution in [0.15, 0.2) is 115 Å². The van der Waals surface area contributed by atoms with E-state index in [-0.39, 0.29) is 5.78 Å². The highest BCUT2D eigenvalue weighted by Crippen LogP contribution is 2.49. The molecule has 0 saturated heterocycles. The number of Topliss-reactive ketones (excluding diaryl/α,β-unsaturated/α-hetero) is 1. The monoisotopic (exact) mass is 438 g/mol. The maximum atomic E-state index is 13.9. The zero-order chi connectivity index (χ0) is 22.4. The molecule has 0 aliphatic carbocycles. The van der Waals surface area contributed by atoms with Crippen LogP contribution in [0.2, 0.25) is 0 Å². The number of ketones is 1. The van der Waals surface area contributed by atoms with Crippen molar-refractivity contribution in [3.8, 4) is 5.75 Å². The highest BCUT2D eigenvalue weighted by atomic mass is 31.2. The Morgan fingerprint density at radius 2 is 1.06 bits per heavy atom. The van der Waals surface area contributed by atoms with Gasteiger partial charge in [0.05, 0.1) is 7.11 Å². The van der Waals surface area contributed by atoms with Gasteiger partial charge in [-0.2, -0.15) is 0 Å². The molecular formula is C29H27O2P. The van der Waals surface area contributed by atoms with Gasteiger partial charge in [0.15, 0.2) is 5.78 Å². The number of benzene rings is 4. The molecule has 0 radical (unpaired) electrons. The molecule has 160 valence electrons. The SMILES string of the molecule is CCC(=O)C(c1ccccc1OC)=P(c1ccccc1)(c1ccccc1)c1ccccc1. The zero-order valence-electron chi connectivity index (χ0n) is 18.4. The Labute approximate surface area is 190 Å². The summed E-state index contributed by atoms with van der Waals surface area (Å²) in [6.07, 6.45) is 0.418. The van der Waals surface area contributed by atoms with E-state index in [1.165, 1.54) is 0 Å². The van der Waals surface area contributed by atoms with Crippen molar-refractivity contribution in [1.29, 1.82) is 0 Å². The minimum Gasteiger partial charge on any atom is -0.496 e. The van der Waals surface area contributed by atoms with Gasteiger partial charge in [-0.05, 0) is 28.9 Å². The van der Waals surface area contributed by atoms with Crippen molar-refractivity contribution in [1.82, 2.24) is 0 Å². The lowest BCUT2D eigenvalue weighted by molar-refractivity contribution is -0.112. The normalized spacial score (nSPS) is 11.1. The van der Waals surface area contributed by atoms with Crippen molar-refractivity contribution in [3.05, 3.63) is 121 Å². The van der Waals surface area contributed by atoms with Gasteiger partial charge in [0.25, 0.3) is 0 Å². The van der Waals surface area contributed by atoms with Crippen molar-refractivity contribution in [2.75, 3.05) is 7.11 Å². The van der Waals surface area contributed by atoms with Gasteiger partial charge in [0.1, 0.15) is 5.75 Å². The minimum absolute atomic E-state index is 0.138. The number of ether oxygens (including phenoxy) is 1. The molecular weight excluding hydrogens is 411 g/mol. The van der Waals surface area contributed by atoms with Crippen LogP contribution in [0.3, 0.4) is 0 Å². The van der Waals surface area contributed by atoms with E-state index in [4.69, 9.17) is 4.74 Å². The van der Waals surface area contributed by atoms with E-state index in [2.05, 4.69) is 72.8 Å². The van der Waals surface area contributed by atoms with E-state index >= 15 is 0 Å². The van der Waals surface area contributed by atoms with Crippen LogP contribution in [0, 0.1) is 0 Å². The van der Waals surface area contributed by atoms with Gasteiger partial charge in [0.2, 0.25) is 0 Å². The average molecular weight is 439 g/mol. The summed E-state index contributed by atoms with van der Waals surface area (Å²) >= 11 is 0. The summed E-state index contributed by atoms with van der Waals surface area (Å²) in [6.45, 7) is -0.573. The predicted molar refractivity (Wildman–Crippen MR) is 138 cm³/mol. The fourth-order valence-electron chi connectivity index (χ4n) is 4.31. The molecule has 0 saturated carbocycles. The quantitative estimate of drug-likeness (QED) is 0.371. The number of rotatable bonds is 7. The van der Waals surface area contributed by atoms with Crippen LogP contribution in [-0.4, -0.2) is 18.2 Å².